The molecule has 2 nitrogen and oxygen atoms in total. The van der Waals surface area contributed by atoms with Crippen molar-refractivity contribution in [3.05, 3.63) is 78.5 Å². The molecule has 1 N–H and O–H groups in total. The van der Waals surface area contributed by atoms with Crippen LogP contribution in [-0.4, -0.2) is 9.97 Å². The minimum Gasteiger partial charge on any atom is -0.341 e. The van der Waals surface area contributed by atoms with Gasteiger partial charge in [-0.1, -0.05) is 99.0 Å². The molecule has 0 atom stereocenters. The van der Waals surface area contributed by atoms with E-state index in [-0.39, 0.29) is 0 Å². The highest BCUT2D eigenvalue weighted by Gasteiger charge is 2.15. The van der Waals surface area contributed by atoms with Crippen LogP contribution in [0.4, 0.5) is 0 Å². The first-order valence-corrected chi connectivity index (χ1v) is 9.99. The summed E-state index contributed by atoms with van der Waals surface area (Å²) in [6, 6.07) is 25.5. The average Bonchev–Trinajstić information content (AvgIpc) is 3.15. The van der Waals surface area contributed by atoms with E-state index < -0.39 is 0 Å². The molecule has 0 radical (unpaired) electrons. The Hall–Kier alpha value is -2.87. The Morgan fingerprint density at radius 1 is 0.778 bits per heavy atom. The van der Waals surface area contributed by atoms with Gasteiger partial charge in [0.1, 0.15) is 5.82 Å². The van der Waals surface area contributed by atoms with Crippen LogP contribution in [0.25, 0.3) is 33.4 Å². The maximum atomic E-state index is 5.04. The lowest BCUT2D eigenvalue weighted by Gasteiger charge is -2.07. The van der Waals surface area contributed by atoms with E-state index in [9.17, 15) is 0 Å². The Kier molecular flexibility index (Phi) is 5.34. The zero-order valence-corrected chi connectivity index (χ0v) is 15.9. The second kappa shape index (κ2) is 8.22. The van der Waals surface area contributed by atoms with Crippen LogP contribution in [0.2, 0.25) is 0 Å². The van der Waals surface area contributed by atoms with Crippen LogP contribution < -0.4 is 0 Å². The summed E-state index contributed by atoms with van der Waals surface area (Å²) in [7, 11) is 0. The van der Waals surface area contributed by atoms with E-state index >= 15 is 0 Å². The predicted molar refractivity (Wildman–Crippen MR) is 115 cm³/mol. The number of hydrogen-bond acceptors (Lipinski definition) is 1. The van der Waals surface area contributed by atoms with Crippen LogP contribution in [0.15, 0.2) is 72.8 Å². The molecule has 136 valence electrons. The third-order valence-corrected chi connectivity index (χ3v) is 5.15. The zero-order valence-electron chi connectivity index (χ0n) is 15.9. The first-order valence-electron chi connectivity index (χ1n) is 9.99. The van der Waals surface area contributed by atoms with Crippen molar-refractivity contribution < 1.29 is 0 Å². The quantitative estimate of drug-likeness (QED) is 0.355. The fourth-order valence-corrected chi connectivity index (χ4v) is 3.71. The van der Waals surface area contributed by atoms with Gasteiger partial charge in [-0.3, -0.25) is 0 Å². The van der Waals surface area contributed by atoms with Gasteiger partial charge in [-0.25, -0.2) is 4.98 Å². The van der Waals surface area contributed by atoms with Gasteiger partial charge in [-0.15, -0.1) is 0 Å². The van der Waals surface area contributed by atoms with Crippen molar-refractivity contribution in [3.63, 3.8) is 0 Å². The predicted octanol–water partition coefficient (Wildman–Crippen LogP) is 7.02. The number of aryl methyl sites for hydroxylation is 1. The molecule has 0 aliphatic carbocycles. The van der Waals surface area contributed by atoms with Gasteiger partial charge in [0.25, 0.3) is 0 Å². The number of aromatic amines is 1. The van der Waals surface area contributed by atoms with Crippen molar-refractivity contribution in [2.24, 2.45) is 0 Å². The van der Waals surface area contributed by atoms with E-state index in [1.807, 2.05) is 6.07 Å². The summed E-state index contributed by atoms with van der Waals surface area (Å²) in [5.74, 6) is 0.962. The second-order valence-electron chi connectivity index (χ2n) is 7.12. The maximum Gasteiger partial charge on any atom is 0.138 e. The summed E-state index contributed by atoms with van der Waals surface area (Å²) in [5.41, 5.74) is 4.71. The molecule has 0 unspecified atom stereocenters. The molecule has 0 saturated carbocycles. The van der Waals surface area contributed by atoms with E-state index in [0.717, 1.165) is 23.5 Å². The zero-order chi connectivity index (χ0) is 18.5. The molecule has 0 aliphatic heterocycles. The van der Waals surface area contributed by atoms with E-state index in [1.165, 1.54) is 47.7 Å². The van der Waals surface area contributed by atoms with Gasteiger partial charge in [0.15, 0.2) is 0 Å². The van der Waals surface area contributed by atoms with Crippen molar-refractivity contribution in [3.8, 4) is 22.6 Å². The fraction of sp³-hybridized carbons (Fsp3) is 0.240. The molecular formula is C25H26N2. The number of imidazole rings is 1. The lowest BCUT2D eigenvalue weighted by atomic mass is 9.99. The highest BCUT2D eigenvalue weighted by atomic mass is 14.9. The number of H-pyrrole nitrogens is 1. The number of nitrogens with zero attached hydrogens (tertiary/aromatic N) is 1. The van der Waals surface area contributed by atoms with Gasteiger partial charge >= 0.3 is 0 Å². The van der Waals surface area contributed by atoms with Crippen molar-refractivity contribution in [2.45, 2.75) is 39.0 Å². The molecule has 3 aromatic carbocycles. The molecule has 0 aliphatic rings. The van der Waals surface area contributed by atoms with Crippen molar-refractivity contribution in [1.29, 1.82) is 0 Å². The molecule has 2 heteroatoms. The summed E-state index contributed by atoms with van der Waals surface area (Å²) >= 11 is 0. The largest absolute Gasteiger partial charge is 0.341 e. The summed E-state index contributed by atoms with van der Waals surface area (Å²) in [6.45, 7) is 2.26. The van der Waals surface area contributed by atoms with Crippen LogP contribution in [-0.2, 0) is 6.42 Å². The number of unbranched alkanes of at least 4 members (excludes halogenated alkanes) is 3. The molecule has 1 aromatic heterocycles. The number of rotatable bonds is 7. The highest BCUT2D eigenvalue weighted by Crippen LogP contribution is 2.32. The summed E-state index contributed by atoms with van der Waals surface area (Å²) in [6.07, 6.45) is 6.06. The van der Waals surface area contributed by atoms with Gasteiger partial charge in [0.05, 0.1) is 5.69 Å². The van der Waals surface area contributed by atoms with Crippen LogP contribution in [0.5, 0.6) is 0 Å². The molecular weight excluding hydrogens is 328 g/mol. The fourth-order valence-electron chi connectivity index (χ4n) is 3.71. The monoisotopic (exact) mass is 354 g/mol. The van der Waals surface area contributed by atoms with Crippen LogP contribution in [0.3, 0.4) is 0 Å². The Bertz CT molecular complexity index is 1010. The Labute approximate surface area is 161 Å². The summed E-state index contributed by atoms with van der Waals surface area (Å²) in [4.78, 5) is 8.67. The van der Waals surface area contributed by atoms with Gasteiger partial charge in [-0.2, -0.15) is 0 Å². The normalized spacial score (nSPS) is 11.1. The SMILES string of the molecule is CCCCCCc1[nH]c(-c2ccccc2)nc1-c1cccc2ccccc12. The Morgan fingerprint density at radius 3 is 2.41 bits per heavy atom. The van der Waals surface area contributed by atoms with Crippen LogP contribution >= 0.6 is 0 Å². The molecule has 0 bridgehead atoms. The smallest absolute Gasteiger partial charge is 0.138 e. The van der Waals surface area contributed by atoms with E-state index in [0.29, 0.717) is 0 Å². The highest BCUT2D eigenvalue weighted by molar-refractivity contribution is 5.96. The van der Waals surface area contributed by atoms with Crippen molar-refractivity contribution >= 4 is 10.8 Å². The molecule has 0 spiro atoms. The molecule has 0 amide bonds. The van der Waals surface area contributed by atoms with E-state index in [1.54, 1.807) is 0 Å². The molecule has 0 saturated heterocycles. The van der Waals surface area contributed by atoms with Crippen LogP contribution in [0, 0.1) is 0 Å². The Balaban J connectivity index is 1.78. The number of nitrogens with one attached hydrogen (secondary N) is 1. The third kappa shape index (κ3) is 3.80. The number of benzene rings is 3. The van der Waals surface area contributed by atoms with E-state index in [2.05, 4.69) is 78.6 Å². The first-order chi connectivity index (χ1) is 13.4. The lowest BCUT2D eigenvalue weighted by molar-refractivity contribution is 0.662. The number of fused-ring (bicyclic) bond motifs is 1. The van der Waals surface area contributed by atoms with Gasteiger partial charge in [0, 0.05) is 16.8 Å². The molecule has 27 heavy (non-hydrogen) atoms. The summed E-state index contributed by atoms with van der Waals surface area (Å²) < 4.78 is 0. The van der Waals surface area contributed by atoms with Crippen LogP contribution in [0.1, 0.15) is 38.3 Å². The Morgan fingerprint density at radius 2 is 1.56 bits per heavy atom. The minimum atomic E-state index is 0.962. The number of hydrogen-bond donors (Lipinski definition) is 1. The summed E-state index contributed by atoms with van der Waals surface area (Å²) in [5, 5.41) is 2.53. The van der Waals surface area contributed by atoms with Crippen molar-refractivity contribution in [2.75, 3.05) is 0 Å². The van der Waals surface area contributed by atoms with Crippen molar-refractivity contribution in [1.82, 2.24) is 9.97 Å². The van der Waals surface area contributed by atoms with Gasteiger partial charge in [0.2, 0.25) is 0 Å². The van der Waals surface area contributed by atoms with Gasteiger partial charge < -0.3 is 4.98 Å². The van der Waals surface area contributed by atoms with Gasteiger partial charge in [-0.05, 0) is 23.6 Å². The molecule has 0 fully saturated rings. The van der Waals surface area contributed by atoms with E-state index in [4.69, 9.17) is 4.98 Å². The molecule has 4 aromatic rings. The number of aromatic nitrogens is 2. The standard InChI is InChI=1S/C25H26N2/c1-2-3-4-8-18-23-24(27-25(26-23)20-13-6-5-7-14-20)22-17-11-15-19-12-9-10-16-21(19)22/h5-7,9-17H,2-4,8,18H2,1H3,(H,26,27). The first kappa shape index (κ1) is 17.5. The maximum absolute atomic E-state index is 5.04. The molecule has 1 heterocycles. The molecule has 4 rings (SSSR count). The lowest BCUT2D eigenvalue weighted by Crippen LogP contribution is -1.91. The average molecular weight is 354 g/mol. The third-order valence-electron chi connectivity index (χ3n) is 5.15. The minimum absolute atomic E-state index is 0.962. The topological polar surface area (TPSA) is 28.7 Å². The second-order valence-corrected chi connectivity index (χ2v) is 7.12.